The van der Waals surface area contributed by atoms with Crippen LogP contribution in [0.2, 0.25) is 0 Å². The molecule has 2 aliphatic heterocycles. The first-order valence-corrected chi connectivity index (χ1v) is 11.1. The summed E-state index contributed by atoms with van der Waals surface area (Å²) in [6.45, 7) is 9.24. The van der Waals surface area contributed by atoms with Gasteiger partial charge in [-0.15, -0.1) is 0 Å². The van der Waals surface area contributed by atoms with Gasteiger partial charge in [-0.1, -0.05) is 36.4 Å². The Morgan fingerprint density at radius 3 is 2.52 bits per heavy atom. The number of fused-ring (bicyclic) bond motifs is 1. The van der Waals surface area contributed by atoms with Crippen molar-refractivity contribution in [3.63, 3.8) is 0 Å². The largest absolute Gasteiger partial charge is 0.363 e. The summed E-state index contributed by atoms with van der Waals surface area (Å²) in [6.07, 6.45) is 3.67. The Bertz CT molecular complexity index is 1120. The van der Waals surface area contributed by atoms with Crippen LogP contribution in [0.5, 0.6) is 0 Å². The van der Waals surface area contributed by atoms with Crippen LogP contribution in [0.1, 0.15) is 44.4 Å². The van der Waals surface area contributed by atoms with Crippen molar-refractivity contribution < 1.29 is 14.0 Å². The van der Waals surface area contributed by atoms with Gasteiger partial charge in [0.2, 0.25) is 0 Å². The van der Waals surface area contributed by atoms with Gasteiger partial charge in [-0.05, 0) is 68.8 Å². The molecule has 1 fully saturated rings. The average molecular weight is 437 g/mol. The Hall–Kier alpha value is -2.86. The summed E-state index contributed by atoms with van der Waals surface area (Å²) in [5.74, 6) is -0.794. The van der Waals surface area contributed by atoms with E-state index in [4.69, 9.17) is 0 Å². The lowest BCUT2D eigenvalue weighted by Gasteiger charge is -2.42. The van der Waals surface area contributed by atoms with Crippen LogP contribution in [0, 0.1) is 5.82 Å². The van der Waals surface area contributed by atoms with Gasteiger partial charge in [0.25, 0.3) is 11.1 Å². The van der Waals surface area contributed by atoms with Crippen LogP contribution in [0.4, 0.5) is 14.9 Å². The van der Waals surface area contributed by atoms with E-state index in [9.17, 15) is 9.59 Å². The highest BCUT2D eigenvalue weighted by molar-refractivity contribution is 8.18. The van der Waals surface area contributed by atoms with E-state index in [2.05, 4.69) is 31.7 Å². The van der Waals surface area contributed by atoms with Crippen molar-refractivity contribution in [3.8, 4) is 0 Å². The second kappa shape index (κ2) is 8.00. The molecule has 4 rings (SSSR count). The number of amides is 2. The molecule has 2 amide bonds. The Morgan fingerprint density at radius 2 is 1.84 bits per heavy atom. The van der Waals surface area contributed by atoms with Gasteiger partial charge in [0.05, 0.1) is 17.0 Å². The van der Waals surface area contributed by atoms with E-state index in [0.717, 1.165) is 40.7 Å². The van der Waals surface area contributed by atoms with E-state index in [1.165, 1.54) is 17.0 Å². The third kappa shape index (κ3) is 3.92. The van der Waals surface area contributed by atoms with Crippen LogP contribution in [0.15, 0.2) is 53.4 Å². The van der Waals surface area contributed by atoms with Gasteiger partial charge < -0.3 is 4.90 Å². The van der Waals surface area contributed by atoms with Gasteiger partial charge >= 0.3 is 0 Å². The third-order valence-electron chi connectivity index (χ3n) is 5.76. The molecule has 2 heterocycles. The van der Waals surface area contributed by atoms with Gasteiger partial charge in [-0.25, -0.2) is 4.39 Å². The number of imide groups is 1. The highest BCUT2D eigenvalue weighted by Gasteiger charge is 2.36. The van der Waals surface area contributed by atoms with E-state index < -0.39 is 5.82 Å². The highest BCUT2D eigenvalue weighted by Crippen LogP contribution is 2.41. The molecule has 0 N–H and O–H groups in total. The van der Waals surface area contributed by atoms with Crippen LogP contribution in [0.3, 0.4) is 0 Å². The summed E-state index contributed by atoms with van der Waals surface area (Å²) in [4.78, 5) is 28.9. The minimum Gasteiger partial charge on any atom is -0.363 e. The fraction of sp³-hybridized carbons (Fsp3) is 0.280. The Kier molecular flexibility index (Phi) is 5.52. The third-order valence-corrected chi connectivity index (χ3v) is 6.66. The summed E-state index contributed by atoms with van der Waals surface area (Å²) in [6, 6.07) is 12.7. The van der Waals surface area contributed by atoms with Crippen LogP contribution in [-0.4, -0.2) is 28.1 Å². The number of hydrogen-bond donors (Lipinski definition) is 0. The van der Waals surface area contributed by atoms with Crippen LogP contribution < -0.4 is 4.90 Å². The molecule has 2 aromatic rings. The zero-order valence-electron chi connectivity index (χ0n) is 18.1. The average Bonchev–Trinajstić information content (AvgIpc) is 2.97. The van der Waals surface area contributed by atoms with Crippen LogP contribution in [-0.2, 0) is 11.3 Å². The Morgan fingerprint density at radius 1 is 1.13 bits per heavy atom. The first-order chi connectivity index (χ1) is 14.7. The minimum atomic E-state index is -0.405. The van der Waals surface area contributed by atoms with E-state index in [0.29, 0.717) is 5.56 Å². The second-order valence-corrected chi connectivity index (χ2v) is 9.36. The molecule has 0 bridgehead atoms. The van der Waals surface area contributed by atoms with Crippen LogP contribution >= 0.6 is 11.8 Å². The fourth-order valence-electron chi connectivity index (χ4n) is 4.35. The molecular formula is C25H25FN2O2S. The van der Waals surface area contributed by atoms with Crippen molar-refractivity contribution in [1.29, 1.82) is 0 Å². The number of rotatable bonds is 4. The SMILES string of the molecule is CCN1c2cc(F)c(/C=C3/SC(=O)N(Cc4ccccc4)C3=O)cc2C(C)=CC1(C)C. The Balaban J connectivity index is 1.68. The Labute approximate surface area is 186 Å². The predicted octanol–water partition coefficient (Wildman–Crippen LogP) is 6.08. The minimum absolute atomic E-state index is 0.206. The molecule has 2 aromatic carbocycles. The first-order valence-electron chi connectivity index (χ1n) is 10.3. The summed E-state index contributed by atoms with van der Waals surface area (Å²) >= 11 is 0.854. The molecule has 0 aliphatic carbocycles. The zero-order chi connectivity index (χ0) is 22.3. The smallest absolute Gasteiger partial charge is 0.293 e. The van der Waals surface area contributed by atoms with Crippen LogP contribution in [0.25, 0.3) is 11.6 Å². The molecule has 0 radical (unpaired) electrons. The van der Waals surface area contributed by atoms with E-state index in [-0.39, 0.29) is 28.1 Å². The van der Waals surface area contributed by atoms with Crippen molar-refractivity contribution in [1.82, 2.24) is 4.90 Å². The molecule has 0 unspecified atom stereocenters. The number of halogens is 1. The normalized spacial score (nSPS) is 19.1. The molecule has 0 saturated carbocycles. The van der Waals surface area contributed by atoms with Gasteiger partial charge in [-0.2, -0.15) is 0 Å². The van der Waals surface area contributed by atoms with Crippen molar-refractivity contribution in [2.45, 2.75) is 39.8 Å². The lowest BCUT2D eigenvalue weighted by Crippen LogP contribution is -2.45. The number of anilines is 1. The topological polar surface area (TPSA) is 40.6 Å². The number of benzene rings is 2. The standard InChI is InChI=1S/C25H25FN2O2S/c1-5-28-21-13-20(26)18(11-19(21)16(2)14-25(28,3)4)12-22-23(29)27(24(30)31-22)15-17-9-7-6-8-10-17/h6-14H,5,15H2,1-4H3/b22-12+. The van der Waals surface area contributed by atoms with Gasteiger partial charge in [0.1, 0.15) is 5.82 Å². The summed E-state index contributed by atoms with van der Waals surface area (Å²) in [5.41, 5.74) is 3.83. The van der Waals surface area contributed by atoms with Gasteiger partial charge in [0.15, 0.2) is 0 Å². The maximum absolute atomic E-state index is 15.1. The van der Waals surface area contributed by atoms with Crippen molar-refractivity contribution in [2.24, 2.45) is 0 Å². The summed E-state index contributed by atoms with van der Waals surface area (Å²) in [7, 11) is 0. The number of carbonyl (C=O) groups excluding carboxylic acids is 2. The number of carbonyl (C=O) groups is 2. The quantitative estimate of drug-likeness (QED) is 0.544. The molecular weight excluding hydrogens is 411 g/mol. The molecule has 4 nitrogen and oxygen atoms in total. The molecule has 0 atom stereocenters. The molecule has 2 aliphatic rings. The van der Waals surface area contributed by atoms with Crippen molar-refractivity contribution >= 4 is 40.2 Å². The molecule has 0 aromatic heterocycles. The molecule has 31 heavy (non-hydrogen) atoms. The zero-order valence-corrected chi connectivity index (χ0v) is 18.9. The molecule has 1 saturated heterocycles. The fourth-order valence-corrected chi connectivity index (χ4v) is 5.18. The maximum Gasteiger partial charge on any atom is 0.293 e. The van der Waals surface area contributed by atoms with E-state index in [1.807, 2.05) is 37.3 Å². The lowest BCUT2D eigenvalue weighted by molar-refractivity contribution is -0.123. The number of likely N-dealkylation sites (N-methyl/N-ethyl adjacent to an activating group) is 1. The second-order valence-electron chi connectivity index (χ2n) is 8.37. The monoisotopic (exact) mass is 436 g/mol. The summed E-state index contributed by atoms with van der Waals surface area (Å²) in [5, 5.41) is -0.339. The molecule has 160 valence electrons. The van der Waals surface area contributed by atoms with Gasteiger partial charge in [-0.3, -0.25) is 14.5 Å². The molecule has 0 spiro atoms. The lowest BCUT2D eigenvalue weighted by atomic mass is 9.88. The van der Waals surface area contributed by atoms with Gasteiger partial charge in [0, 0.05) is 23.4 Å². The maximum atomic E-state index is 15.1. The van der Waals surface area contributed by atoms with Crippen molar-refractivity contribution in [3.05, 3.63) is 76.0 Å². The van der Waals surface area contributed by atoms with E-state index >= 15 is 4.39 Å². The number of thioether (sulfide) groups is 1. The van der Waals surface area contributed by atoms with E-state index in [1.54, 1.807) is 6.07 Å². The highest BCUT2D eigenvalue weighted by atomic mass is 32.2. The van der Waals surface area contributed by atoms with Crippen molar-refractivity contribution in [2.75, 3.05) is 11.4 Å². The number of nitrogens with zero attached hydrogens (tertiary/aromatic N) is 2. The first kappa shape index (κ1) is 21.4. The number of allylic oxidation sites excluding steroid dienone is 1. The number of hydrogen-bond acceptors (Lipinski definition) is 4. The summed E-state index contributed by atoms with van der Waals surface area (Å²) < 4.78 is 15.1. The molecule has 6 heteroatoms. The predicted molar refractivity (Wildman–Crippen MR) is 125 cm³/mol.